The number of carbonyl (C=O) groups excluding carboxylic acids is 2. The number of ketones is 1. The number of Topliss-reactive ketones (excluding diaryl/α,β-unsaturated/α-hetero) is 1. The molecule has 0 atom stereocenters. The quantitative estimate of drug-likeness (QED) is 0.127. The number of aromatic nitrogens is 1. The van der Waals surface area contributed by atoms with Crippen molar-refractivity contribution in [2.45, 2.75) is 27.2 Å². The van der Waals surface area contributed by atoms with Gasteiger partial charge < -0.3 is 11.1 Å². The van der Waals surface area contributed by atoms with Crippen LogP contribution >= 0.6 is 0 Å². The predicted octanol–water partition coefficient (Wildman–Crippen LogP) is 6.11. The minimum absolute atomic E-state index is 0.160. The number of nitrogens with one attached hydrogen (secondary N) is 1. The van der Waals surface area contributed by atoms with Gasteiger partial charge in [-0.1, -0.05) is 74.2 Å². The minimum Gasteiger partial charge on any atom is -0.383 e. The Morgan fingerprint density at radius 1 is 1.03 bits per heavy atom. The van der Waals surface area contributed by atoms with Crippen LogP contribution in [-0.2, 0) is 6.42 Å². The smallest absolute Gasteiger partial charge is 0.256 e. The van der Waals surface area contributed by atoms with Crippen molar-refractivity contribution < 1.29 is 9.59 Å². The zero-order valence-corrected chi connectivity index (χ0v) is 20.8. The lowest BCUT2D eigenvalue weighted by Gasteiger charge is -2.09. The summed E-state index contributed by atoms with van der Waals surface area (Å²) in [7, 11) is 0. The second kappa shape index (κ2) is 12.2. The van der Waals surface area contributed by atoms with Crippen LogP contribution in [0.1, 0.15) is 51.3 Å². The zero-order valence-electron chi connectivity index (χ0n) is 20.8. The lowest BCUT2D eigenvalue weighted by atomic mass is 10.0. The molecule has 182 valence electrons. The number of nitrogens with zero attached hydrogens (tertiary/aromatic N) is 2. The van der Waals surface area contributed by atoms with Gasteiger partial charge in [0.2, 0.25) is 0 Å². The molecule has 0 bridgehead atoms. The highest BCUT2D eigenvalue weighted by atomic mass is 16.1. The van der Waals surface area contributed by atoms with Crippen LogP contribution in [0.2, 0.25) is 0 Å². The van der Waals surface area contributed by atoms with E-state index >= 15 is 0 Å². The van der Waals surface area contributed by atoms with Crippen molar-refractivity contribution in [2.24, 2.45) is 10.7 Å². The number of aryl methyl sites for hydroxylation is 2. The maximum Gasteiger partial charge on any atom is 0.256 e. The van der Waals surface area contributed by atoms with Crippen LogP contribution in [0.4, 0.5) is 11.5 Å². The van der Waals surface area contributed by atoms with E-state index in [-0.39, 0.29) is 17.5 Å². The van der Waals surface area contributed by atoms with Crippen LogP contribution in [0, 0.1) is 6.92 Å². The van der Waals surface area contributed by atoms with Crippen molar-refractivity contribution in [3.63, 3.8) is 0 Å². The van der Waals surface area contributed by atoms with E-state index in [1.165, 1.54) is 0 Å². The van der Waals surface area contributed by atoms with Crippen molar-refractivity contribution in [2.75, 3.05) is 5.32 Å². The molecule has 2 aromatic carbocycles. The second-order valence-electron chi connectivity index (χ2n) is 8.17. The number of anilines is 1. The number of nitrogens with two attached hydrogens (primary N) is 1. The maximum absolute atomic E-state index is 12.6. The monoisotopic (exact) mass is 478 g/mol. The summed E-state index contributed by atoms with van der Waals surface area (Å²) in [5, 5.41) is 2.81. The molecule has 0 aliphatic carbocycles. The number of hydrogen-bond donors (Lipinski definition) is 2. The molecule has 0 saturated heterocycles. The topological polar surface area (TPSA) is 97.4 Å². The van der Waals surface area contributed by atoms with Gasteiger partial charge in [-0.25, -0.2) is 9.98 Å². The highest BCUT2D eigenvalue weighted by Gasteiger charge is 2.11. The Bertz CT molecular complexity index is 1350. The molecule has 6 heteroatoms. The Balaban J connectivity index is 1.75. The van der Waals surface area contributed by atoms with Crippen LogP contribution in [0.3, 0.4) is 0 Å². The van der Waals surface area contributed by atoms with E-state index in [2.05, 4.69) is 28.8 Å². The zero-order chi connectivity index (χ0) is 26.1. The molecule has 6 nitrogen and oxygen atoms in total. The number of carbonyl (C=O) groups is 2. The summed E-state index contributed by atoms with van der Waals surface area (Å²) in [4.78, 5) is 34.0. The van der Waals surface area contributed by atoms with E-state index in [0.29, 0.717) is 33.8 Å². The molecule has 0 spiro atoms. The van der Waals surface area contributed by atoms with Crippen molar-refractivity contribution in [3.05, 3.63) is 125 Å². The first kappa shape index (κ1) is 26.0. The summed E-state index contributed by atoms with van der Waals surface area (Å²) < 4.78 is 0. The summed E-state index contributed by atoms with van der Waals surface area (Å²) in [6, 6.07) is 16.0. The molecule has 1 amide bonds. The van der Waals surface area contributed by atoms with Crippen molar-refractivity contribution in [3.8, 4) is 0 Å². The summed E-state index contributed by atoms with van der Waals surface area (Å²) in [5.41, 5.74) is 10.9. The van der Waals surface area contributed by atoms with Crippen molar-refractivity contribution in [1.82, 2.24) is 4.98 Å². The standard InChI is InChI=1S/C30H30N4O2/c1-5-7-8-9-20(3)28(35)23-14-16-24(17-15-23)29(31)33-26-18-27(32-19-21(26)4)34-30(36)25-12-10-22(6-2)11-13-25/h5,7-19H,3,6H2,1-2,4H3,(H3,31,32,33,34,36)/b7-5-,9-8-. The molecule has 0 radical (unpaired) electrons. The fourth-order valence-electron chi connectivity index (χ4n) is 3.31. The molecule has 1 heterocycles. The van der Waals surface area contributed by atoms with Crippen LogP contribution in [0.25, 0.3) is 0 Å². The highest BCUT2D eigenvalue weighted by molar-refractivity contribution is 6.10. The Morgan fingerprint density at radius 3 is 2.31 bits per heavy atom. The summed E-state index contributed by atoms with van der Waals surface area (Å²) in [6.45, 7) is 9.65. The van der Waals surface area contributed by atoms with Gasteiger partial charge in [-0.3, -0.25) is 9.59 Å². The Morgan fingerprint density at radius 2 is 1.67 bits per heavy atom. The lowest BCUT2D eigenvalue weighted by molar-refractivity contribution is 0.102. The van der Waals surface area contributed by atoms with Gasteiger partial charge >= 0.3 is 0 Å². The van der Waals surface area contributed by atoms with E-state index in [1.807, 2.05) is 38.1 Å². The fourth-order valence-corrected chi connectivity index (χ4v) is 3.31. The molecule has 0 saturated carbocycles. The van der Waals surface area contributed by atoms with Crippen LogP contribution in [-0.4, -0.2) is 22.5 Å². The fraction of sp³-hybridized carbons (Fsp3) is 0.133. The van der Waals surface area contributed by atoms with E-state index in [0.717, 1.165) is 17.5 Å². The van der Waals surface area contributed by atoms with Crippen LogP contribution in [0.15, 0.2) is 102 Å². The first-order chi connectivity index (χ1) is 17.3. The number of pyridine rings is 1. The third kappa shape index (κ3) is 6.73. The average Bonchev–Trinajstić information content (AvgIpc) is 2.90. The molecule has 3 N–H and O–H groups in total. The molecular weight excluding hydrogens is 448 g/mol. The Hall–Kier alpha value is -4.58. The number of benzene rings is 2. The molecule has 36 heavy (non-hydrogen) atoms. The summed E-state index contributed by atoms with van der Waals surface area (Å²) >= 11 is 0. The minimum atomic E-state index is -0.251. The van der Waals surface area contributed by atoms with Gasteiger partial charge in [-0.05, 0) is 43.5 Å². The van der Waals surface area contributed by atoms with Crippen molar-refractivity contribution in [1.29, 1.82) is 0 Å². The average molecular weight is 479 g/mol. The molecule has 1 aromatic heterocycles. The first-order valence-corrected chi connectivity index (χ1v) is 11.7. The predicted molar refractivity (Wildman–Crippen MR) is 147 cm³/mol. The number of amidine groups is 1. The van der Waals surface area contributed by atoms with Gasteiger partial charge in [0.15, 0.2) is 5.78 Å². The highest BCUT2D eigenvalue weighted by Crippen LogP contribution is 2.22. The van der Waals surface area contributed by atoms with Gasteiger partial charge in [0.25, 0.3) is 5.91 Å². The van der Waals surface area contributed by atoms with Crippen LogP contribution < -0.4 is 11.1 Å². The third-order valence-corrected chi connectivity index (χ3v) is 5.52. The molecule has 0 aliphatic rings. The molecule has 0 fully saturated rings. The number of rotatable bonds is 9. The summed E-state index contributed by atoms with van der Waals surface area (Å²) in [5.74, 6) is 0.247. The number of amides is 1. The molecule has 0 aliphatic heterocycles. The largest absolute Gasteiger partial charge is 0.383 e. The molecule has 3 rings (SSSR count). The van der Waals surface area contributed by atoms with E-state index in [1.54, 1.807) is 60.8 Å². The number of hydrogen-bond acceptors (Lipinski definition) is 4. The van der Waals surface area contributed by atoms with E-state index < -0.39 is 0 Å². The van der Waals surface area contributed by atoms with Gasteiger partial charge in [-0.2, -0.15) is 0 Å². The molecular formula is C30H30N4O2. The Labute approximate surface area is 212 Å². The molecule has 3 aromatic rings. The number of aliphatic imine (C=N–C) groups is 1. The Kier molecular flexibility index (Phi) is 8.84. The third-order valence-electron chi connectivity index (χ3n) is 5.52. The van der Waals surface area contributed by atoms with E-state index in [9.17, 15) is 9.59 Å². The van der Waals surface area contributed by atoms with Gasteiger partial charge in [0, 0.05) is 34.5 Å². The summed E-state index contributed by atoms with van der Waals surface area (Å²) in [6.07, 6.45) is 9.70. The van der Waals surface area contributed by atoms with Crippen LogP contribution in [0.5, 0.6) is 0 Å². The first-order valence-electron chi connectivity index (χ1n) is 11.7. The number of allylic oxidation sites excluding steroid dienone is 5. The lowest BCUT2D eigenvalue weighted by Crippen LogP contribution is -2.14. The van der Waals surface area contributed by atoms with Gasteiger partial charge in [0.1, 0.15) is 11.7 Å². The van der Waals surface area contributed by atoms with Gasteiger partial charge in [0.05, 0.1) is 5.69 Å². The normalized spacial score (nSPS) is 11.7. The van der Waals surface area contributed by atoms with Crippen molar-refractivity contribution >= 4 is 29.0 Å². The second-order valence-corrected chi connectivity index (χ2v) is 8.17. The van der Waals surface area contributed by atoms with Gasteiger partial charge in [-0.15, -0.1) is 0 Å². The van der Waals surface area contributed by atoms with E-state index in [4.69, 9.17) is 5.73 Å². The molecule has 0 unspecified atom stereocenters. The maximum atomic E-state index is 12.6. The SMILES string of the molecule is C=C(/C=C\C=C/C)C(=O)c1ccc(C(N)=Nc2cc(NC(=O)c3ccc(CC)cc3)ncc2C)cc1.